The van der Waals surface area contributed by atoms with Crippen LogP contribution in [0.15, 0.2) is 18.2 Å². The van der Waals surface area contributed by atoms with Crippen LogP contribution in [0.1, 0.15) is 43.0 Å². The van der Waals surface area contributed by atoms with Crippen molar-refractivity contribution in [3.8, 4) is 0 Å². The molecule has 0 N–H and O–H groups in total. The van der Waals surface area contributed by atoms with Gasteiger partial charge in [0.1, 0.15) is 0 Å². The second kappa shape index (κ2) is 5.17. The Morgan fingerprint density at radius 1 is 1.24 bits per heavy atom. The maximum atomic E-state index is 11.8. The minimum atomic E-state index is -0.434. The van der Waals surface area contributed by atoms with E-state index in [0.717, 1.165) is 17.3 Å². The van der Waals surface area contributed by atoms with E-state index in [1.54, 1.807) is 13.1 Å². The molecule has 1 aliphatic heterocycles. The fourth-order valence-corrected chi connectivity index (χ4v) is 3.55. The summed E-state index contributed by atoms with van der Waals surface area (Å²) in [5.74, 6) is -0.0597. The third kappa shape index (κ3) is 2.33. The lowest BCUT2D eigenvalue weighted by molar-refractivity contribution is -0.114. The van der Waals surface area contributed by atoms with Gasteiger partial charge in [-0.05, 0) is 37.0 Å². The Hall–Kier alpha value is -1.84. The Morgan fingerprint density at radius 2 is 2.00 bits per heavy atom. The highest BCUT2D eigenvalue weighted by molar-refractivity contribution is 6.52. The third-order valence-electron chi connectivity index (χ3n) is 4.95. The van der Waals surface area contributed by atoms with Gasteiger partial charge in [-0.15, -0.1) is 0 Å². The average molecular weight is 286 g/mol. The molecule has 0 bridgehead atoms. The second-order valence-electron chi connectivity index (χ2n) is 6.43. The first-order valence-electron chi connectivity index (χ1n) is 7.68. The maximum absolute atomic E-state index is 11.8. The standard InChI is InChI=1S/C17H22N2O2/c1-11-5-4-6-12(9-11)18(2)13-7-8-14-15(10-13)19(3)17(21)16(14)20/h7-8,10-12H,4-6,9H2,1-3H3. The number of hydrogen-bond donors (Lipinski definition) is 0. The van der Waals surface area contributed by atoms with Gasteiger partial charge in [-0.1, -0.05) is 19.8 Å². The topological polar surface area (TPSA) is 40.6 Å². The molecule has 1 aromatic carbocycles. The lowest BCUT2D eigenvalue weighted by Gasteiger charge is -2.35. The number of likely N-dealkylation sites (N-methyl/N-ethyl adjacent to an activating group) is 1. The van der Waals surface area contributed by atoms with Crippen molar-refractivity contribution in [3.05, 3.63) is 23.8 Å². The summed E-state index contributed by atoms with van der Waals surface area (Å²) < 4.78 is 0. The van der Waals surface area contributed by atoms with E-state index in [2.05, 4.69) is 18.9 Å². The Morgan fingerprint density at radius 3 is 2.71 bits per heavy atom. The number of ketones is 1. The van der Waals surface area contributed by atoms with Crippen molar-refractivity contribution in [1.82, 2.24) is 0 Å². The van der Waals surface area contributed by atoms with Gasteiger partial charge in [0.15, 0.2) is 0 Å². The van der Waals surface area contributed by atoms with Crippen LogP contribution in [-0.2, 0) is 4.79 Å². The molecule has 112 valence electrons. The molecular formula is C17H22N2O2. The number of anilines is 2. The molecule has 2 aliphatic rings. The zero-order valence-corrected chi connectivity index (χ0v) is 12.9. The highest BCUT2D eigenvalue weighted by Crippen LogP contribution is 2.34. The normalized spacial score (nSPS) is 25.2. The monoisotopic (exact) mass is 286 g/mol. The summed E-state index contributed by atoms with van der Waals surface area (Å²) in [7, 11) is 3.78. The SMILES string of the molecule is CC1CCCC(N(C)c2ccc3c(c2)N(C)C(=O)C3=O)C1. The summed E-state index contributed by atoms with van der Waals surface area (Å²) in [6.07, 6.45) is 5.02. The van der Waals surface area contributed by atoms with Crippen LogP contribution in [0.25, 0.3) is 0 Å². The number of rotatable bonds is 2. The minimum Gasteiger partial charge on any atom is -0.372 e. The van der Waals surface area contributed by atoms with Crippen LogP contribution in [-0.4, -0.2) is 31.8 Å². The first-order valence-corrected chi connectivity index (χ1v) is 7.68. The fourth-order valence-electron chi connectivity index (χ4n) is 3.55. The van der Waals surface area contributed by atoms with Crippen LogP contribution in [0.5, 0.6) is 0 Å². The van der Waals surface area contributed by atoms with Crippen LogP contribution in [0.4, 0.5) is 11.4 Å². The molecule has 1 aliphatic carbocycles. The zero-order valence-electron chi connectivity index (χ0n) is 12.9. The number of Topliss-reactive ketones (excluding diaryl/α,β-unsaturated/α-hetero) is 1. The highest BCUT2D eigenvalue weighted by atomic mass is 16.2. The first kappa shape index (κ1) is 14.1. The molecule has 1 amide bonds. The lowest BCUT2D eigenvalue weighted by atomic mass is 9.86. The van der Waals surface area contributed by atoms with E-state index in [0.29, 0.717) is 11.6 Å². The first-order chi connectivity index (χ1) is 9.99. The highest BCUT2D eigenvalue weighted by Gasteiger charge is 2.34. The number of benzene rings is 1. The van der Waals surface area contributed by atoms with E-state index in [-0.39, 0.29) is 0 Å². The summed E-state index contributed by atoms with van der Waals surface area (Å²) in [6, 6.07) is 6.27. The van der Waals surface area contributed by atoms with E-state index in [1.165, 1.54) is 30.6 Å². The van der Waals surface area contributed by atoms with E-state index in [9.17, 15) is 9.59 Å². The summed E-state index contributed by atoms with van der Waals surface area (Å²) in [5.41, 5.74) is 2.34. The fraction of sp³-hybridized carbons (Fsp3) is 0.529. The summed E-state index contributed by atoms with van der Waals surface area (Å²) in [4.78, 5) is 27.3. The average Bonchev–Trinajstić information content (AvgIpc) is 2.71. The smallest absolute Gasteiger partial charge is 0.299 e. The van der Waals surface area contributed by atoms with Crippen molar-refractivity contribution in [3.63, 3.8) is 0 Å². The summed E-state index contributed by atoms with van der Waals surface area (Å²) in [6.45, 7) is 2.31. The molecule has 1 fully saturated rings. The maximum Gasteiger partial charge on any atom is 0.299 e. The van der Waals surface area contributed by atoms with Gasteiger partial charge in [0.2, 0.25) is 0 Å². The van der Waals surface area contributed by atoms with Crippen LogP contribution in [0.2, 0.25) is 0 Å². The number of carbonyl (C=O) groups is 2. The van der Waals surface area contributed by atoms with Gasteiger partial charge in [0.25, 0.3) is 11.7 Å². The molecule has 2 unspecified atom stereocenters. The van der Waals surface area contributed by atoms with E-state index in [1.807, 2.05) is 12.1 Å². The van der Waals surface area contributed by atoms with Gasteiger partial charge in [0, 0.05) is 25.8 Å². The van der Waals surface area contributed by atoms with Crippen molar-refractivity contribution >= 4 is 23.1 Å². The van der Waals surface area contributed by atoms with Crippen LogP contribution in [0, 0.1) is 5.92 Å². The number of amides is 1. The van der Waals surface area contributed by atoms with Crippen LogP contribution >= 0.6 is 0 Å². The molecule has 2 atom stereocenters. The number of nitrogens with zero attached hydrogens (tertiary/aromatic N) is 2. The molecule has 21 heavy (non-hydrogen) atoms. The molecule has 0 saturated heterocycles. The van der Waals surface area contributed by atoms with Gasteiger partial charge in [-0.3, -0.25) is 9.59 Å². The molecule has 0 radical (unpaired) electrons. The van der Waals surface area contributed by atoms with Gasteiger partial charge < -0.3 is 9.80 Å². The number of hydrogen-bond acceptors (Lipinski definition) is 3. The third-order valence-corrected chi connectivity index (χ3v) is 4.95. The van der Waals surface area contributed by atoms with Gasteiger partial charge in [-0.2, -0.15) is 0 Å². The molecule has 4 heteroatoms. The largest absolute Gasteiger partial charge is 0.372 e. The predicted octanol–water partition coefficient (Wildman–Crippen LogP) is 2.86. The molecule has 0 aromatic heterocycles. The van der Waals surface area contributed by atoms with Crippen LogP contribution in [0.3, 0.4) is 0 Å². The van der Waals surface area contributed by atoms with Crippen molar-refractivity contribution in [2.45, 2.75) is 38.6 Å². The van der Waals surface area contributed by atoms with Crippen LogP contribution < -0.4 is 9.80 Å². The predicted molar refractivity (Wildman–Crippen MR) is 84.0 cm³/mol. The van der Waals surface area contributed by atoms with Crippen molar-refractivity contribution in [2.24, 2.45) is 5.92 Å². The molecule has 4 nitrogen and oxygen atoms in total. The van der Waals surface area contributed by atoms with Crippen molar-refractivity contribution < 1.29 is 9.59 Å². The summed E-state index contributed by atoms with van der Waals surface area (Å²) >= 11 is 0. The summed E-state index contributed by atoms with van der Waals surface area (Å²) in [5, 5.41) is 0. The molecular weight excluding hydrogens is 264 g/mol. The Bertz CT molecular complexity index is 596. The lowest BCUT2D eigenvalue weighted by Crippen LogP contribution is -2.35. The zero-order chi connectivity index (χ0) is 15.1. The Labute approximate surface area is 125 Å². The Kier molecular flexibility index (Phi) is 3.47. The van der Waals surface area contributed by atoms with Gasteiger partial charge in [0.05, 0.1) is 11.3 Å². The quantitative estimate of drug-likeness (QED) is 0.785. The molecule has 1 saturated carbocycles. The second-order valence-corrected chi connectivity index (χ2v) is 6.43. The molecule has 3 rings (SSSR count). The number of carbonyl (C=O) groups excluding carboxylic acids is 2. The molecule has 1 aromatic rings. The molecule has 0 spiro atoms. The minimum absolute atomic E-state index is 0.395. The van der Waals surface area contributed by atoms with Gasteiger partial charge in [-0.25, -0.2) is 0 Å². The van der Waals surface area contributed by atoms with Crippen molar-refractivity contribution in [1.29, 1.82) is 0 Å². The number of fused-ring (bicyclic) bond motifs is 1. The van der Waals surface area contributed by atoms with E-state index < -0.39 is 11.7 Å². The van der Waals surface area contributed by atoms with E-state index >= 15 is 0 Å². The molecule has 1 heterocycles. The van der Waals surface area contributed by atoms with Crippen molar-refractivity contribution in [2.75, 3.05) is 23.9 Å². The Balaban J connectivity index is 1.87. The van der Waals surface area contributed by atoms with E-state index in [4.69, 9.17) is 0 Å². The van der Waals surface area contributed by atoms with Gasteiger partial charge >= 0.3 is 0 Å².